The molecule has 0 spiro atoms. The molecule has 19 heteroatoms. The molecule has 0 aliphatic rings. The first-order valence-electron chi connectivity index (χ1n) is 40.8. The fourth-order valence-corrected chi connectivity index (χ4v) is 12.4. The molecule has 0 amide bonds. The normalized spacial score (nSPS) is 14.5. The second kappa shape index (κ2) is 76.6. The topological polar surface area (TPSA) is 237 Å². The molecule has 598 valence electrons. The molecule has 5 atom stereocenters. The Morgan fingerprint density at radius 1 is 0.279 bits per heavy atom. The van der Waals surface area contributed by atoms with Gasteiger partial charge >= 0.3 is 39.5 Å². The zero-order chi connectivity index (χ0) is 76.0. The van der Waals surface area contributed by atoms with Crippen molar-refractivity contribution in [2.24, 2.45) is 0 Å². The van der Waals surface area contributed by atoms with Crippen molar-refractivity contribution in [2.45, 2.75) is 354 Å². The summed E-state index contributed by atoms with van der Waals surface area (Å²) in [5.41, 5.74) is 0. The van der Waals surface area contributed by atoms with E-state index in [-0.39, 0.29) is 25.7 Å². The Labute approximate surface area is 632 Å². The summed E-state index contributed by atoms with van der Waals surface area (Å²) in [4.78, 5) is 73.1. The van der Waals surface area contributed by atoms with Gasteiger partial charge in [-0.25, -0.2) is 9.13 Å². The molecule has 0 heterocycles. The van der Waals surface area contributed by atoms with Crippen LogP contribution in [0.25, 0.3) is 0 Å². The second-order valence-electron chi connectivity index (χ2n) is 27.0. The number of rotatable bonds is 76. The zero-order valence-electron chi connectivity index (χ0n) is 65.4. The molecule has 3 N–H and O–H groups in total. The fourth-order valence-electron chi connectivity index (χ4n) is 10.8. The maximum absolute atomic E-state index is 13.1. The highest BCUT2D eigenvalue weighted by atomic mass is 31.2. The van der Waals surface area contributed by atoms with Gasteiger partial charge in [-0.3, -0.25) is 37.3 Å². The van der Waals surface area contributed by atoms with Crippen LogP contribution < -0.4 is 0 Å². The van der Waals surface area contributed by atoms with Crippen LogP contribution in [0.3, 0.4) is 0 Å². The number of hydrogen-bond donors (Lipinski definition) is 3. The van der Waals surface area contributed by atoms with Crippen molar-refractivity contribution in [1.82, 2.24) is 0 Å². The van der Waals surface area contributed by atoms with Crippen LogP contribution in [0.4, 0.5) is 0 Å². The molecule has 0 saturated carbocycles. The minimum Gasteiger partial charge on any atom is -0.462 e. The summed E-state index contributed by atoms with van der Waals surface area (Å²) >= 11 is 0. The average molecular weight is 1500 g/mol. The number of esters is 4. The third-order valence-corrected chi connectivity index (χ3v) is 18.8. The number of allylic oxidation sites excluding steroid dienone is 20. The number of carbonyl (C=O) groups excluding carboxylic acids is 4. The largest absolute Gasteiger partial charge is 0.472 e. The molecule has 17 nitrogen and oxygen atoms in total. The van der Waals surface area contributed by atoms with Gasteiger partial charge in [0.2, 0.25) is 0 Å². The highest BCUT2D eigenvalue weighted by Gasteiger charge is 2.30. The van der Waals surface area contributed by atoms with Gasteiger partial charge in [0.05, 0.1) is 26.4 Å². The van der Waals surface area contributed by atoms with Crippen molar-refractivity contribution in [3.63, 3.8) is 0 Å². The first-order valence-corrected chi connectivity index (χ1v) is 43.8. The molecule has 0 fully saturated rings. The summed E-state index contributed by atoms with van der Waals surface area (Å²) in [5.74, 6) is -2.25. The third kappa shape index (κ3) is 75.7. The molecule has 0 saturated heterocycles. The molecule has 0 rings (SSSR count). The Bertz CT molecular complexity index is 2440. The standard InChI is InChI=1S/C85H146O17P2/c1-5-9-13-17-21-25-29-33-37-39-43-45-49-53-57-61-65-69-82(87)95-75-80(101-84(89)71-67-63-59-55-51-47-41-35-31-27-23-19-15-11-7-3)77-99-103(91,92)97-73-79(86)74-98-104(93,94)100-78-81(102-85(90)72-68-64-60-56-52-48-42-36-32-28-24-20-16-12-8-4)76-96-83(88)70-66-62-58-54-50-46-44-40-38-34-30-26-22-18-14-10-6-2/h9-10,13-14,21-23,25-27,33-35,37-38,41,44,46,54,58,79-81,86H,5-8,11-12,15-20,24,28-32,36,39-40,42-43,45,47-53,55-57,59-78H2,1-4H3,(H,91,92)(H,93,94)/b13-9-,14-10-,25-21-,26-22-,27-23-,37-33-,38-34-,41-35-,46-44-,58-54-. The van der Waals surface area contributed by atoms with Gasteiger partial charge in [0, 0.05) is 25.7 Å². The number of unbranched alkanes of at least 4 members (excludes halogenated alkanes) is 30. The summed E-state index contributed by atoms with van der Waals surface area (Å²) in [7, 11) is -9.98. The Kier molecular flexibility index (Phi) is 73.3. The summed E-state index contributed by atoms with van der Waals surface area (Å²) < 4.78 is 68.6. The zero-order valence-corrected chi connectivity index (χ0v) is 67.2. The minimum absolute atomic E-state index is 0.0743. The van der Waals surface area contributed by atoms with Crippen LogP contribution >= 0.6 is 15.6 Å². The van der Waals surface area contributed by atoms with E-state index in [1.165, 1.54) is 83.5 Å². The molecule has 104 heavy (non-hydrogen) atoms. The number of phosphoric acid groups is 2. The van der Waals surface area contributed by atoms with Gasteiger partial charge in [-0.05, 0) is 128 Å². The predicted molar refractivity (Wildman–Crippen MR) is 427 cm³/mol. The van der Waals surface area contributed by atoms with Gasteiger partial charge in [0.1, 0.15) is 19.3 Å². The van der Waals surface area contributed by atoms with Crippen molar-refractivity contribution < 1.29 is 80.2 Å². The van der Waals surface area contributed by atoms with E-state index >= 15 is 0 Å². The summed E-state index contributed by atoms with van der Waals surface area (Å²) in [6.45, 7) is 4.57. The summed E-state index contributed by atoms with van der Waals surface area (Å²) in [5, 5.41) is 10.6. The smallest absolute Gasteiger partial charge is 0.462 e. The molecule has 0 bridgehead atoms. The van der Waals surface area contributed by atoms with Gasteiger partial charge in [-0.1, -0.05) is 303 Å². The van der Waals surface area contributed by atoms with Gasteiger partial charge in [-0.2, -0.15) is 0 Å². The van der Waals surface area contributed by atoms with E-state index in [2.05, 4.69) is 137 Å². The average Bonchev–Trinajstić information content (AvgIpc) is 0.937. The van der Waals surface area contributed by atoms with Crippen molar-refractivity contribution in [1.29, 1.82) is 0 Å². The van der Waals surface area contributed by atoms with Crippen molar-refractivity contribution in [2.75, 3.05) is 39.6 Å². The van der Waals surface area contributed by atoms with Crippen LogP contribution in [0, 0.1) is 0 Å². The predicted octanol–water partition coefficient (Wildman–Crippen LogP) is 23.9. The maximum atomic E-state index is 13.1. The maximum Gasteiger partial charge on any atom is 0.472 e. The third-order valence-electron chi connectivity index (χ3n) is 16.9. The quantitative estimate of drug-likeness (QED) is 0.0169. The van der Waals surface area contributed by atoms with Crippen LogP contribution in [0.1, 0.15) is 336 Å². The van der Waals surface area contributed by atoms with Crippen LogP contribution in [0.5, 0.6) is 0 Å². The molecule has 0 aromatic carbocycles. The summed E-state index contributed by atoms with van der Waals surface area (Å²) in [6.07, 6.45) is 84.6. The molecule has 0 radical (unpaired) electrons. The molecular weight excluding hydrogens is 1350 g/mol. The molecule has 5 unspecified atom stereocenters. The van der Waals surface area contributed by atoms with Crippen LogP contribution in [0.2, 0.25) is 0 Å². The van der Waals surface area contributed by atoms with Gasteiger partial charge < -0.3 is 33.8 Å². The number of hydrogen-bond acceptors (Lipinski definition) is 15. The lowest BCUT2D eigenvalue weighted by Crippen LogP contribution is -2.30. The summed E-state index contributed by atoms with van der Waals surface area (Å²) in [6, 6.07) is 0. The van der Waals surface area contributed by atoms with Crippen molar-refractivity contribution in [3.8, 4) is 0 Å². The fraction of sp³-hybridized carbons (Fsp3) is 0.718. The van der Waals surface area contributed by atoms with Gasteiger partial charge in [-0.15, -0.1) is 0 Å². The Morgan fingerprint density at radius 2 is 0.510 bits per heavy atom. The van der Waals surface area contributed by atoms with Crippen LogP contribution in [0.15, 0.2) is 122 Å². The Hall–Kier alpha value is -4.54. The molecule has 0 aromatic rings. The number of phosphoric ester groups is 2. The van der Waals surface area contributed by atoms with E-state index in [9.17, 15) is 43.2 Å². The van der Waals surface area contributed by atoms with Gasteiger partial charge in [0.15, 0.2) is 12.2 Å². The Balaban J connectivity index is 5.41. The first kappa shape index (κ1) is 99.5. The van der Waals surface area contributed by atoms with E-state index < -0.39 is 97.5 Å². The molecular formula is C85H146O17P2. The van der Waals surface area contributed by atoms with Crippen molar-refractivity contribution in [3.05, 3.63) is 122 Å². The molecule has 0 aliphatic carbocycles. The number of aliphatic hydroxyl groups is 1. The van der Waals surface area contributed by atoms with E-state index in [1.54, 1.807) is 0 Å². The van der Waals surface area contributed by atoms with E-state index in [1.807, 2.05) is 12.2 Å². The SMILES string of the molecule is CC/C=C\C/C=C\C/C=C\C/C=C\C/C=C\CCCC(=O)OCC(COP(=O)(O)OCC(O)COP(=O)(O)OCC(COC(=O)CCCCCCCCC/C=C\C/C=C\C/C=C\CC)OC(=O)CCCCCCC/C=C\C/C=C\CCCCC)OC(=O)CCCCCCCCCCCCCCCCC. The van der Waals surface area contributed by atoms with E-state index in [4.69, 9.17) is 37.0 Å². The number of carbonyl (C=O) groups is 4. The highest BCUT2D eigenvalue weighted by Crippen LogP contribution is 2.45. The van der Waals surface area contributed by atoms with Gasteiger partial charge in [0.25, 0.3) is 0 Å². The van der Waals surface area contributed by atoms with E-state index in [0.29, 0.717) is 32.1 Å². The lowest BCUT2D eigenvalue weighted by atomic mass is 10.0. The number of ether oxygens (including phenoxy) is 4. The monoisotopic (exact) mass is 1500 g/mol. The minimum atomic E-state index is -4.99. The lowest BCUT2D eigenvalue weighted by molar-refractivity contribution is -0.161. The lowest BCUT2D eigenvalue weighted by Gasteiger charge is -2.21. The molecule has 0 aromatic heterocycles. The second-order valence-corrected chi connectivity index (χ2v) is 29.9. The first-order chi connectivity index (χ1) is 50.7. The van der Waals surface area contributed by atoms with Crippen molar-refractivity contribution >= 4 is 39.5 Å². The Morgan fingerprint density at radius 3 is 0.827 bits per heavy atom. The number of aliphatic hydroxyl groups excluding tert-OH is 1. The molecule has 0 aliphatic heterocycles. The highest BCUT2D eigenvalue weighted by molar-refractivity contribution is 7.47. The van der Waals surface area contributed by atoms with E-state index in [0.717, 1.165) is 167 Å². The van der Waals surface area contributed by atoms with Crippen LogP contribution in [-0.4, -0.2) is 96.7 Å². The van der Waals surface area contributed by atoms with Crippen LogP contribution in [-0.2, 0) is 65.4 Å².